The summed E-state index contributed by atoms with van der Waals surface area (Å²) in [7, 11) is 0. The molecule has 0 fully saturated rings. The highest BCUT2D eigenvalue weighted by atomic mass is 16.6. The molecule has 0 aliphatic heterocycles. The quantitative estimate of drug-likeness (QED) is 0.316. The van der Waals surface area contributed by atoms with Gasteiger partial charge in [0, 0.05) is 5.92 Å². The third kappa shape index (κ3) is 10.5. The zero-order valence-electron chi connectivity index (χ0n) is 23.1. The predicted octanol–water partition coefficient (Wildman–Crippen LogP) is 3.75. The van der Waals surface area contributed by atoms with E-state index in [4.69, 9.17) is 10.5 Å². The fourth-order valence-corrected chi connectivity index (χ4v) is 4.25. The first-order valence-electron chi connectivity index (χ1n) is 13.2. The van der Waals surface area contributed by atoms with E-state index < -0.39 is 41.7 Å². The molecule has 0 aliphatic carbocycles. The summed E-state index contributed by atoms with van der Waals surface area (Å²) in [5.74, 6) is -1.77. The van der Waals surface area contributed by atoms with Crippen molar-refractivity contribution in [3.05, 3.63) is 71.8 Å². The number of ether oxygens (including phenoxy) is 1. The Morgan fingerprint density at radius 1 is 0.921 bits per heavy atom. The van der Waals surface area contributed by atoms with Gasteiger partial charge in [0.05, 0.1) is 12.1 Å². The second-order valence-electron chi connectivity index (χ2n) is 10.9. The fourth-order valence-electron chi connectivity index (χ4n) is 4.25. The van der Waals surface area contributed by atoms with E-state index in [-0.39, 0.29) is 18.2 Å². The van der Waals surface area contributed by atoms with Crippen LogP contribution >= 0.6 is 0 Å². The molecule has 2 aromatic rings. The summed E-state index contributed by atoms with van der Waals surface area (Å²) in [6, 6.07) is 17.4. The van der Waals surface area contributed by atoms with Crippen molar-refractivity contribution in [1.82, 2.24) is 10.6 Å². The van der Waals surface area contributed by atoms with Crippen LogP contribution < -0.4 is 16.4 Å². The Labute approximate surface area is 226 Å². The van der Waals surface area contributed by atoms with Crippen LogP contribution in [-0.4, -0.2) is 46.8 Å². The summed E-state index contributed by atoms with van der Waals surface area (Å²) in [6.45, 7) is 9.08. The summed E-state index contributed by atoms with van der Waals surface area (Å²) < 4.78 is 5.43. The molecule has 2 aromatic carbocycles. The Morgan fingerprint density at radius 2 is 1.45 bits per heavy atom. The fraction of sp³-hybridized carbons (Fsp3) is 0.500. The predicted molar refractivity (Wildman–Crippen MR) is 148 cm³/mol. The van der Waals surface area contributed by atoms with Crippen LogP contribution in [0, 0.1) is 11.8 Å². The molecule has 8 heteroatoms. The maximum Gasteiger partial charge on any atom is 0.407 e. The van der Waals surface area contributed by atoms with Crippen LogP contribution in [0.3, 0.4) is 0 Å². The normalized spacial score (nSPS) is 15.4. The molecule has 0 bridgehead atoms. The molecular formula is C30H43N3O5. The van der Waals surface area contributed by atoms with E-state index >= 15 is 0 Å². The summed E-state index contributed by atoms with van der Waals surface area (Å²) in [5.41, 5.74) is 6.72. The van der Waals surface area contributed by atoms with Gasteiger partial charge in [-0.05, 0) is 57.1 Å². The van der Waals surface area contributed by atoms with Crippen LogP contribution in [0.1, 0.15) is 58.6 Å². The molecule has 0 saturated heterocycles. The van der Waals surface area contributed by atoms with Gasteiger partial charge in [-0.2, -0.15) is 0 Å². The van der Waals surface area contributed by atoms with E-state index in [0.717, 1.165) is 11.1 Å². The number of alkyl carbamates (subject to hydrolysis) is 1. The topological polar surface area (TPSA) is 131 Å². The molecule has 38 heavy (non-hydrogen) atoms. The Kier molecular flexibility index (Phi) is 11.8. The highest BCUT2D eigenvalue weighted by Gasteiger charge is 2.32. The minimum Gasteiger partial charge on any atom is -0.444 e. The Hall–Kier alpha value is -3.39. The SMILES string of the molecule is CC[C@H](C)[C@H](NC(=O)[C@H](Cc1ccccc1)C[C@H](O)[C@H](Cc1ccccc1)NC(=O)OC(C)(C)C)C(N)=O. The van der Waals surface area contributed by atoms with Gasteiger partial charge in [-0.15, -0.1) is 0 Å². The van der Waals surface area contributed by atoms with Crippen molar-refractivity contribution in [2.45, 2.75) is 84.1 Å². The minimum atomic E-state index is -1.07. The summed E-state index contributed by atoms with van der Waals surface area (Å²) in [5, 5.41) is 17.0. The number of primary amides is 1. The molecule has 2 rings (SSSR count). The molecule has 0 radical (unpaired) electrons. The molecule has 0 unspecified atom stereocenters. The third-order valence-corrected chi connectivity index (χ3v) is 6.50. The smallest absolute Gasteiger partial charge is 0.407 e. The van der Waals surface area contributed by atoms with Crippen LogP contribution in [0.5, 0.6) is 0 Å². The van der Waals surface area contributed by atoms with Crippen molar-refractivity contribution in [3.8, 4) is 0 Å². The van der Waals surface area contributed by atoms with E-state index in [0.29, 0.717) is 19.3 Å². The van der Waals surface area contributed by atoms with Gasteiger partial charge in [0.2, 0.25) is 11.8 Å². The Morgan fingerprint density at radius 3 is 1.92 bits per heavy atom. The zero-order chi connectivity index (χ0) is 28.3. The van der Waals surface area contributed by atoms with Crippen molar-refractivity contribution in [3.63, 3.8) is 0 Å². The number of carbonyl (C=O) groups excluding carboxylic acids is 3. The number of aliphatic hydroxyl groups excluding tert-OH is 1. The minimum absolute atomic E-state index is 0.0556. The summed E-state index contributed by atoms with van der Waals surface area (Å²) >= 11 is 0. The van der Waals surface area contributed by atoms with Gasteiger partial charge in [0.25, 0.3) is 0 Å². The largest absolute Gasteiger partial charge is 0.444 e. The lowest BCUT2D eigenvalue weighted by atomic mass is 9.88. The summed E-state index contributed by atoms with van der Waals surface area (Å²) in [4.78, 5) is 38.2. The molecule has 5 atom stereocenters. The number of benzene rings is 2. The number of carbonyl (C=O) groups is 3. The number of amides is 3. The standard InChI is InChI=1S/C30H43N3O5/c1-6-20(2)26(27(31)35)33-28(36)23(17-21-13-9-7-10-14-21)19-25(34)24(18-22-15-11-8-12-16-22)32-29(37)38-30(3,4)5/h7-16,20,23-26,34H,6,17-19H2,1-5H3,(H2,31,35)(H,32,37)(H,33,36)/t20-,23+,24-,25-,26-/m0/s1. The second kappa shape index (κ2) is 14.5. The number of hydrogen-bond acceptors (Lipinski definition) is 5. The molecule has 5 N–H and O–H groups in total. The van der Waals surface area contributed by atoms with Gasteiger partial charge in [0.1, 0.15) is 11.6 Å². The molecule has 0 spiro atoms. The highest BCUT2D eigenvalue weighted by Crippen LogP contribution is 2.20. The molecule has 208 valence electrons. The maximum atomic E-state index is 13.5. The third-order valence-electron chi connectivity index (χ3n) is 6.50. The molecule has 3 amide bonds. The van der Waals surface area contributed by atoms with Gasteiger partial charge < -0.3 is 26.2 Å². The van der Waals surface area contributed by atoms with Crippen molar-refractivity contribution in [1.29, 1.82) is 0 Å². The molecule has 8 nitrogen and oxygen atoms in total. The first-order valence-corrected chi connectivity index (χ1v) is 13.2. The number of nitrogens with two attached hydrogens (primary N) is 1. The molecule has 0 saturated carbocycles. The van der Waals surface area contributed by atoms with E-state index in [9.17, 15) is 19.5 Å². The lowest BCUT2D eigenvalue weighted by Gasteiger charge is -2.30. The monoisotopic (exact) mass is 525 g/mol. The van der Waals surface area contributed by atoms with E-state index in [1.165, 1.54) is 0 Å². The highest BCUT2D eigenvalue weighted by molar-refractivity contribution is 5.88. The summed E-state index contributed by atoms with van der Waals surface area (Å²) in [6.07, 6.45) is -0.304. The van der Waals surface area contributed by atoms with Crippen molar-refractivity contribution in [2.24, 2.45) is 17.6 Å². The number of rotatable bonds is 13. The maximum absolute atomic E-state index is 13.5. The average Bonchev–Trinajstić information content (AvgIpc) is 2.85. The van der Waals surface area contributed by atoms with Crippen LogP contribution in [0.2, 0.25) is 0 Å². The van der Waals surface area contributed by atoms with Gasteiger partial charge in [-0.25, -0.2) is 4.79 Å². The average molecular weight is 526 g/mol. The zero-order valence-corrected chi connectivity index (χ0v) is 23.1. The van der Waals surface area contributed by atoms with Crippen LogP contribution in [-0.2, 0) is 27.2 Å². The van der Waals surface area contributed by atoms with E-state index in [1.807, 2.05) is 74.5 Å². The molecule has 0 aliphatic rings. The van der Waals surface area contributed by atoms with Gasteiger partial charge in [0.15, 0.2) is 0 Å². The van der Waals surface area contributed by atoms with Crippen LogP contribution in [0.15, 0.2) is 60.7 Å². The van der Waals surface area contributed by atoms with Crippen molar-refractivity contribution < 1.29 is 24.2 Å². The molecule has 0 aromatic heterocycles. The van der Waals surface area contributed by atoms with Crippen molar-refractivity contribution >= 4 is 17.9 Å². The van der Waals surface area contributed by atoms with E-state index in [2.05, 4.69) is 10.6 Å². The number of nitrogens with one attached hydrogen (secondary N) is 2. The molecular weight excluding hydrogens is 482 g/mol. The number of hydrogen-bond donors (Lipinski definition) is 4. The first kappa shape index (κ1) is 30.8. The Bertz CT molecular complexity index is 1020. The van der Waals surface area contributed by atoms with Gasteiger partial charge >= 0.3 is 6.09 Å². The first-order chi connectivity index (χ1) is 17.9. The molecule has 0 heterocycles. The van der Waals surface area contributed by atoms with Gasteiger partial charge in [-0.3, -0.25) is 9.59 Å². The lowest BCUT2D eigenvalue weighted by Crippen LogP contribution is -2.52. The van der Waals surface area contributed by atoms with Gasteiger partial charge in [-0.1, -0.05) is 80.9 Å². The van der Waals surface area contributed by atoms with Crippen LogP contribution in [0.4, 0.5) is 4.79 Å². The lowest BCUT2D eigenvalue weighted by molar-refractivity contribution is -0.131. The Balaban J connectivity index is 2.29. The number of aliphatic hydroxyl groups is 1. The second-order valence-corrected chi connectivity index (χ2v) is 10.9. The van der Waals surface area contributed by atoms with Crippen molar-refractivity contribution in [2.75, 3.05) is 0 Å². The van der Waals surface area contributed by atoms with Crippen LogP contribution in [0.25, 0.3) is 0 Å². The van der Waals surface area contributed by atoms with E-state index in [1.54, 1.807) is 20.8 Å².